The highest BCUT2D eigenvalue weighted by Gasteiger charge is 2.23. The van der Waals surface area contributed by atoms with Crippen LogP contribution in [0, 0.1) is 5.92 Å². The van der Waals surface area contributed by atoms with Gasteiger partial charge in [0, 0.05) is 13.1 Å². The van der Waals surface area contributed by atoms with Gasteiger partial charge in [0.1, 0.15) is 0 Å². The predicted octanol–water partition coefficient (Wildman–Crippen LogP) is 3.93. The highest BCUT2D eigenvalue weighted by atomic mass is 16.2. The Balaban J connectivity index is 1.56. The van der Waals surface area contributed by atoms with Gasteiger partial charge in [0.05, 0.1) is 6.42 Å². The van der Waals surface area contributed by atoms with Crippen molar-refractivity contribution in [2.45, 2.75) is 57.9 Å². The lowest BCUT2D eigenvalue weighted by Gasteiger charge is -2.30. The number of amides is 1. The van der Waals surface area contributed by atoms with Crippen LogP contribution in [0.15, 0.2) is 24.3 Å². The molecule has 0 spiro atoms. The van der Waals surface area contributed by atoms with Crippen LogP contribution in [-0.2, 0) is 17.8 Å². The van der Waals surface area contributed by atoms with Gasteiger partial charge in [-0.25, -0.2) is 0 Å². The Morgan fingerprint density at radius 2 is 1.70 bits per heavy atom. The van der Waals surface area contributed by atoms with Crippen LogP contribution in [0.25, 0.3) is 0 Å². The summed E-state index contributed by atoms with van der Waals surface area (Å²) in [6.45, 7) is 1.78. The first-order chi connectivity index (χ1) is 9.83. The number of fused-ring (bicyclic) bond motifs is 1. The molecule has 0 radical (unpaired) electrons. The summed E-state index contributed by atoms with van der Waals surface area (Å²) in [7, 11) is 0. The summed E-state index contributed by atoms with van der Waals surface area (Å²) >= 11 is 0. The number of nitrogens with zero attached hydrogens (tertiary/aromatic N) is 1. The monoisotopic (exact) mass is 271 g/mol. The molecule has 0 aromatic heterocycles. The van der Waals surface area contributed by atoms with Crippen molar-refractivity contribution in [3.8, 4) is 0 Å². The number of hydrogen-bond donors (Lipinski definition) is 0. The quantitative estimate of drug-likeness (QED) is 0.763. The molecule has 1 aromatic rings. The smallest absolute Gasteiger partial charge is 0.227 e. The standard InChI is InChI=1S/C18H25NO/c20-18-13-16-9-5-6-10-17(16)14-19(18)12-11-15-7-3-1-2-4-8-15/h5-6,9-10,15H,1-4,7-8,11-14H2. The Morgan fingerprint density at radius 3 is 2.45 bits per heavy atom. The normalized spacial score (nSPS) is 20.6. The van der Waals surface area contributed by atoms with Crippen LogP contribution in [0.5, 0.6) is 0 Å². The number of benzene rings is 1. The Morgan fingerprint density at radius 1 is 1.00 bits per heavy atom. The fraction of sp³-hybridized carbons (Fsp3) is 0.611. The largest absolute Gasteiger partial charge is 0.338 e. The number of carbonyl (C=O) groups excluding carboxylic acids is 1. The summed E-state index contributed by atoms with van der Waals surface area (Å²) in [5.41, 5.74) is 2.57. The number of rotatable bonds is 3. The van der Waals surface area contributed by atoms with Crippen LogP contribution >= 0.6 is 0 Å². The molecule has 2 aliphatic rings. The van der Waals surface area contributed by atoms with E-state index in [0.717, 1.165) is 19.0 Å². The zero-order valence-electron chi connectivity index (χ0n) is 12.3. The molecule has 0 atom stereocenters. The summed E-state index contributed by atoms with van der Waals surface area (Å²) in [6.07, 6.45) is 10.1. The van der Waals surface area contributed by atoms with Crippen LogP contribution in [0.2, 0.25) is 0 Å². The van der Waals surface area contributed by atoms with Gasteiger partial charge < -0.3 is 4.90 Å². The zero-order valence-corrected chi connectivity index (χ0v) is 12.3. The first-order valence-electron chi connectivity index (χ1n) is 8.17. The lowest BCUT2D eigenvalue weighted by molar-refractivity contribution is -0.132. The SMILES string of the molecule is O=C1Cc2ccccc2CN1CCC1CCCCCC1. The zero-order chi connectivity index (χ0) is 13.8. The minimum atomic E-state index is 0.317. The molecule has 1 fully saturated rings. The molecule has 0 unspecified atom stereocenters. The average Bonchev–Trinajstić information content (AvgIpc) is 2.74. The number of carbonyl (C=O) groups is 1. The minimum absolute atomic E-state index is 0.317. The van der Waals surface area contributed by atoms with Crippen LogP contribution < -0.4 is 0 Å². The third kappa shape index (κ3) is 3.23. The molecule has 0 bridgehead atoms. The molecule has 108 valence electrons. The van der Waals surface area contributed by atoms with Gasteiger partial charge >= 0.3 is 0 Å². The molecule has 1 aliphatic carbocycles. The van der Waals surface area contributed by atoms with E-state index in [4.69, 9.17) is 0 Å². The molecule has 2 nitrogen and oxygen atoms in total. The van der Waals surface area contributed by atoms with Crippen molar-refractivity contribution in [2.24, 2.45) is 5.92 Å². The van der Waals surface area contributed by atoms with Gasteiger partial charge in [0.25, 0.3) is 0 Å². The van der Waals surface area contributed by atoms with Gasteiger partial charge in [-0.05, 0) is 23.5 Å². The van der Waals surface area contributed by atoms with Crippen molar-refractivity contribution in [3.05, 3.63) is 35.4 Å². The third-order valence-electron chi connectivity index (χ3n) is 4.96. The first-order valence-corrected chi connectivity index (χ1v) is 8.17. The van der Waals surface area contributed by atoms with Crippen LogP contribution in [0.1, 0.15) is 56.1 Å². The van der Waals surface area contributed by atoms with Crippen molar-refractivity contribution >= 4 is 5.91 Å². The van der Waals surface area contributed by atoms with Crippen LogP contribution in [-0.4, -0.2) is 17.4 Å². The molecule has 0 N–H and O–H groups in total. The second kappa shape index (κ2) is 6.43. The van der Waals surface area contributed by atoms with E-state index in [1.165, 1.54) is 56.1 Å². The molecule has 1 aliphatic heterocycles. The molecule has 1 heterocycles. The number of hydrogen-bond acceptors (Lipinski definition) is 1. The molecular weight excluding hydrogens is 246 g/mol. The van der Waals surface area contributed by atoms with Gasteiger partial charge in [0.2, 0.25) is 5.91 Å². The highest BCUT2D eigenvalue weighted by Crippen LogP contribution is 2.27. The Bertz CT molecular complexity index is 460. The summed E-state index contributed by atoms with van der Waals surface area (Å²) in [4.78, 5) is 14.3. The second-order valence-corrected chi connectivity index (χ2v) is 6.41. The maximum Gasteiger partial charge on any atom is 0.227 e. The van der Waals surface area contributed by atoms with E-state index in [1.807, 2.05) is 6.07 Å². The van der Waals surface area contributed by atoms with E-state index in [2.05, 4.69) is 23.1 Å². The summed E-state index contributed by atoms with van der Waals surface area (Å²) in [6, 6.07) is 8.38. The molecule has 20 heavy (non-hydrogen) atoms. The summed E-state index contributed by atoms with van der Waals surface area (Å²) in [5.74, 6) is 1.17. The van der Waals surface area contributed by atoms with Crippen molar-refractivity contribution in [1.82, 2.24) is 4.90 Å². The van der Waals surface area contributed by atoms with E-state index >= 15 is 0 Å². The van der Waals surface area contributed by atoms with Gasteiger partial charge in [-0.2, -0.15) is 0 Å². The Kier molecular flexibility index (Phi) is 4.39. The van der Waals surface area contributed by atoms with Crippen molar-refractivity contribution in [3.63, 3.8) is 0 Å². The molecule has 1 saturated carbocycles. The fourth-order valence-corrected chi connectivity index (χ4v) is 3.65. The topological polar surface area (TPSA) is 20.3 Å². The van der Waals surface area contributed by atoms with E-state index in [0.29, 0.717) is 12.3 Å². The maximum atomic E-state index is 12.2. The van der Waals surface area contributed by atoms with Gasteiger partial charge in [-0.3, -0.25) is 4.79 Å². The third-order valence-corrected chi connectivity index (χ3v) is 4.96. The van der Waals surface area contributed by atoms with E-state index in [-0.39, 0.29) is 0 Å². The van der Waals surface area contributed by atoms with Crippen LogP contribution in [0.4, 0.5) is 0 Å². The van der Waals surface area contributed by atoms with E-state index < -0.39 is 0 Å². The first kappa shape index (κ1) is 13.7. The minimum Gasteiger partial charge on any atom is -0.338 e. The summed E-state index contributed by atoms with van der Waals surface area (Å²) in [5, 5.41) is 0. The van der Waals surface area contributed by atoms with E-state index in [9.17, 15) is 4.79 Å². The Labute approximate surface area is 122 Å². The molecule has 3 rings (SSSR count). The predicted molar refractivity (Wildman–Crippen MR) is 81.4 cm³/mol. The van der Waals surface area contributed by atoms with Crippen LogP contribution in [0.3, 0.4) is 0 Å². The van der Waals surface area contributed by atoms with Gasteiger partial charge in [-0.1, -0.05) is 62.8 Å². The fourth-order valence-electron chi connectivity index (χ4n) is 3.65. The Hall–Kier alpha value is -1.31. The maximum absolute atomic E-state index is 12.2. The molecule has 2 heteroatoms. The molecular formula is C18H25NO. The van der Waals surface area contributed by atoms with Gasteiger partial charge in [0.15, 0.2) is 0 Å². The average molecular weight is 271 g/mol. The molecule has 1 amide bonds. The van der Waals surface area contributed by atoms with Crippen molar-refractivity contribution in [2.75, 3.05) is 6.54 Å². The van der Waals surface area contributed by atoms with E-state index in [1.54, 1.807) is 0 Å². The lowest BCUT2D eigenvalue weighted by Crippen LogP contribution is -2.37. The van der Waals surface area contributed by atoms with Crippen molar-refractivity contribution < 1.29 is 4.79 Å². The molecule has 0 saturated heterocycles. The second-order valence-electron chi connectivity index (χ2n) is 6.41. The van der Waals surface area contributed by atoms with Gasteiger partial charge in [-0.15, -0.1) is 0 Å². The summed E-state index contributed by atoms with van der Waals surface area (Å²) < 4.78 is 0. The van der Waals surface area contributed by atoms with Crippen molar-refractivity contribution in [1.29, 1.82) is 0 Å². The highest BCUT2D eigenvalue weighted by molar-refractivity contribution is 5.80. The molecule has 1 aromatic carbocycles. The lowest BCUT2D eigenvalue weighted by atomic mass is 9.95.